The minimum Gasteiger partial charge on any atom is -0.469 e. The molecule has 0 radical (unpaired) electrons. The number of methoxy groups -OCH3 is 1. The molecular weight excluding hydrogens is 290 g/mol. The van der Waals surface area contributed by atoms with E-state index >= 15 is 0 Å². The smallest absolute Gasteiger partial charge is 0.309 e. The first-order chi connectivity index (χ1) is 10.2. The summed E-state index contributed by atoms with van der Waals surface area (Å²) in [5.41, 5.74) is 0.700. The molecule has 1 aliphatic rings. The van der Waals surface area contributed by atoms with Crippen molar-refractivity contribution in [3.8, 4) is 0 Å². The second-order valence-corrected chi connectivity index (χ2v) is 6.11. The Labute approximate surface area is 126 Å². The summed E-state index contributed by atoms with van der Waals surface area (Å²) in [5, 5.41) is 1.85. The van der Waals surface area contributed by atoms with Gasteiger partial charge < -0.3 is 4.74 Å². The van der Waals surface area contributed by atoms with E-state index in [0.29, 0.717) is 18.1 Å². The number of rotatable bonds is 3. The second kappa shape index (κ2) is 5.95. The average molecular weight is 307 g/mol. The van der Waals surface area contributed by atoms with Gasteiger partial charge in [0.1, 0.15) is 0 Å². The number of carbonyl (C=O) groups is 1. The summed E-state index contributed by atoms with van der Waals surface area (Å²) in [6.07, 6.45) is 3.55. The topological polar surface area (TPSA) is 63.9 Å². The normalized spacial score (nSPS) is 19.8. The van der Waals surface area contributed by atoms with Gasteiger partial charge in [-0.1, -0.05) is 0 Å². The number of nitrogens with zero attached hydrogens (tertiary/aromatic N) is 3. The van der Waals surface area contributed by atoms with Gasteiger partial charge in [0, 0.05) is 30.7 Å². The van der Waals surface area contributed by atoms with Crippen LogP contribution in [-0.4, -0.2) is 40.5 Å². The van der Waals surface area contributed by atoms with Gasteiger partial charge in [0.25, 0.3) is 5.56 Å². The Hall–Kier alpha value is -1.73. The van der Waals surface area contributed by atoms with E-state index in [1.165, 1.54) is 18.4 Å². The molecule has 0 N–H and O–H groups in total. The number of thiazole rings is 1. The number of piperidine rings is 1. The summed E-state index contributed by atoms with van der Waals surface area (Å²) in [5.74, 6) is -0.225. The summed E-state index contributed by atoms with van der Waals surface area (Å²) >= 11 is 1.45. The van der Waals surface area contributed by atoms with Crippen LogP contribution in [0.4, 0.5) is 0 Å². The van der Waals surface area contributed by atoms with Gasteiger partial charge in [-0.3, -0.25) is 18.9 Å². The largest absolute Gasteiger partial charge is 0.469 e. The van der Waals surface area contributed by atoms with Crippen molar-refractivity contribution < 1.29 is 9.53 Å². The number of carbonyl (C=O) groups excluding carboxylic acids is 1. The molecular formula is C14H17N3O3S. The molecule has 7 heteroatoms. The zero-order valence-corrected chi connectivity index (χ0v) is 12.6. The van der Waals surface area contributed by atoms with Crippen LogP contribution in [-0.2, 0) is 16.1 Å². The van der Waals surface area contributed by atoms with Gasteiger partial charge in [0.05, 0.1) is 18.7 Å². The van der Waals surface area contributed by atoms with Crippen molar-refractivity contribution in [2.24, 2.45) is 5.92 Å². The highest BCUT2D eigenvalue weighted by Crippen LogP contribution is 2.19. The number of likely N-dealkylation sites (tertiary alicyclic amines) is 1. The third kappa shape index (κ3) is 2.98. The Balaban J connectivity index is 1.75. The Morgan fingerprint density at radius 3 is 3.24 bits per heavy atom. The van der Waals surface area contributed by atoms with Crippen molar-refractivity contribution in [3.63, 3.8) is 0 Å². The van der Waals surface area contributed by atoms with E-state index in [9.17, 15) is 9.59 Å². The molecule has 1 aliphatic heterocycles. The first-order valence-electron chi connectivity index (χ1n) is 6.93. The molecule has 2 aromatic rings. The van der Waals surface area contributed by atoms with Crippen LogP contribution >= 0.6 is 11.3 Å². The molecule has 0 aliphatic carbocycles. The van der Waals surface area contributed by atoms with Gasteiger partial charge >= 0.3 is 5.97 Å². The Kier molecular flexibility index (Phi) is 4.03. The number of hydrogen-bond acceptors (Lipinski definition) is 6. The lowest BCUT2D eigenvalue weighted by molar-refractivity contribution is -0.147. The van der Waals surface area contributed by atoms with Crippen LogP contribution in [0.2, 0.25) is 0 Å². The van der Waals surface area contributed by atoms with E-state index in [-0.39, 0.29) is 17.4 Å². The van der Waals surface area contributed by atoms with Crippen molar-refractivity contribution in [1.29, 1.82) is 0 Å². The van der Waals surface area contributed by atoms with Crippen molar-refractivity contribution in [1.82, 2.24) is 14.3 Å². The van der Waals surface area contributed by atoms with Crippen molar-refractivity contribution in [3.05, 3.63) is 33.7 Å². The van der Waals surface area contributed by atoms with Crippen LogP contribution in [0.1, 0.15) is 18.5 Å². The molecule has 1 unspecified atom stereocenters. The molecule has 0 spiro atoms. The molecule has 1 fully saturated rings. The maximum Gasteiger partial charge on any atom is 0.309 e. The number of esters is 1. The number of fused-ring (bicyclic) bond motifs is 1. The van der Waals surface area contributed by atoms with Crippen LogP contribution in [0.25, 0.3) is 4.96 Å². The highest BCUT2D eigenvalue weighted by Gasteiger charge is 2.26. The van der Waals surface area contributed by atoms with Crippen molar-refractivity contribution in [2.75, 3.05) is 20.2 Å². The lowest BCUT2D eigenvalue weighted by Gasteiger charge is -2.30. The molecule has 3 rings (SSSR count). The highest BCUT2D eigenvalue weighted by molar-refractivity contribution is 7.15. The third-order valence-electron chi connectivity index (χ3n) is 3.78. The zero-order chi connectivity index (χ0) is 14.8. The lowest BCUT2D eigenvalue weighted by Crippen LogP contribution is -2.39. The monoisotopic (exact) mass is 307 g/mol. The van der Waals surface area contributed by atoms with Crippen molar-refractivity contribution >= 4 is 22.3 Å². The van der Waals surface area contributed by atoms with E-state index in [1.807, 2.05) is 5.38 Å². The average Bonchev–Trinajstić information content (AvgIpc) is 2.95. The maximum absolute atomic E-state index is 12.0. The highest BCUT2D eigenvalue weighted by atomic mass is 32.1. The Morgan fingerprint density at radius 2 is 2.43 bits per heavy atom. The van der Waals surface area contributed by atoms with Gasteiger partial charge in [-0.2, -0.15) is 0 Å². The predicted molar refractivity (Wildman–Crippen MR) is 79.4 cm³/mol. The van der Waals surface area contributed by atoms with E-state index < -0.39 is 0 Å². The lowest BCUT2D eigenvalue weighted by atomic mass is 9.98. The molecule has 3 heterocycles. The summed E-state index contributed by atoms with van der Waals surface area (Å²) in [6.45, 7) is 2.17. The van der Waals surface area contributed by atoms with Gasteiger partial charge in [0.2, 0.25) is 0 Å². The summed E-state index contributed by atoms with van der Waals surface area (Å²) < 4.78 is 6.36. The van der Waals surface area contributed by atoms with Crippen LogP contribution < -0.4 is 5.56 Å². The SMILES string of the molecule is COC(=O)C1CCCN(Cc2cc(=O)n3ccsc3n2)C1. The molecule has 0 bridgehead atoms. The number of ether oxygens (including phenoxy) is 1. The number of hydrogen-bond donors (Lipinski definition) is 0. The molecule has 2 aromatic heterocycles. The first kappa shape index (κ1) is 14.2. The van der Waals surface area contributed by atoms with E-state index in [1.54, 1.807) is 16.7 Å². The fourth-order valence-corrected chi connectivity index (χ4v) is 3.49. The fourth-order valence-electron chi connectivity index (χ4n) is 2.76. The van der Waals surface area contributed by atoms with E-state index in [2.05, 4.69) is 9.88 Å². The molecule has 0 amide bonds. The van der Waals surface area contributed by atoms with Crippen molar-refractivity contribution in [2.45, 2.75) is 19.4 Å². The Bertz CT molecular complexity index is 709. The minimum atomic E-state index is -0.151. The summed E-state index contributed by atoms with van der Waals surface area (Å²) in [7, 11) is 1.43. The second-order valence-electron chi connectivity index (χ2n) is 5.24. The molecule has 21 heavy (non-hydrogen) atoms. The summed E-state index contributed by atoms with van der Waals surface area (Å²) in [4.78, 5) is 31.0. The zero-order valence-electron chi connectivity index (χ0n) is 11.8. The quantitative estimate of drug-likeness (QED) is 0.796. The van der Waals surface area contributed by atoms with Crippen LogP contribution in [0.5, 0.6) is 0 Å². The van der Waals surface area contributed by atoms with Gasteiger partial charge in [-0.25, -0.2) is 4.98 Å². The molecule has 112 valence electrons. The predicted octanol–water partition coefficient (Wildman–Crippen LogP) is 1.14. The van der Waals surface area contributed by atoms with Gasteiger partial charge in [-0.15, -0.1) is 11.3 Å². The van der Waals surface area contributed by atoms with Crippen LogP contribution in [0, 0.1) is 5.92 Å². The Morgan fingerprint density at radius 1 is 1.57 bits per heavy atom. The van der Waals surface area contributed by atoms with Gasteiger partial charge in [0.15, 0.2) is 4.96 Å². The maximum atomic E-state index is 12.0. The van der Waals surface area contributed by atoms with Crippen LogP contribution in [0.15, 0.2) is 22.4 Å². The molecule has 1 atom stereocenters. The molecule has 0 saturated carbocycles. The van der Waals surface area contributed by atoms with E-state index in [0.717, 1.165) is 25.1 Å². The standard InChI is InChI=1S/C14H17N3O3S/c1-20-13(19)10-3-2-4-16(8-10)9-11-7-12(18)17-5-6-21-14(17)15-11/h5-7,10H,2-4,8-9H2,1H3. The molecule has 0 aromatic carbocycles. The minimum absolute atomic E-state index is 0.0576. The fraction of sp³-hybridized carbons (Fsp3) is 0.500. The molecule has 6 nitrogen and oxygen atoms in total. The molecule has 1 saturated heterocycles. The van der Waals surface area contributed by atoms with E-state index in [4.69, 9.17) is 4.74 Å². The number of aromatic nitrogens is 2. The third-order valence-corrected chi connectivity index (χ3v) is 4.54. The van der Waals surface area contributed by atoms with Gasteiger partial charge in [-0.05, 0) is 19.4 Å². The summed E-state index contributed by atoms with van der Waals surface area (Å²) in [6, 6.07) is 1.57. The van der Waals surface area contributed by atoms with Crippen LogP contribution in [0.3, 0.4) is 0 Å². The first-order valence-corrected chi connectivity index (χ1v) is 7.81.